The lowest BCUT2D eigenvalue weighted by Crippen LogP contribution is -2.16. The van der Waals surface area contributed by atoms with Crippen LogP contribution >= 0.6 is 0 Å². The molecule has 0 aliphatic heterocycles. The van der Waals surface area contributed by atoms with E-state index in [1.807, 2.05) is 13.0 Å². The van der Waals surface area contributed by atoms with Crippen LogP contribution in [-0.2, 0) is 11.2 Å². The number of anilines is 1. The molecule has 1 aliphatic rings. The van der Waals surface area contributed by atoms with E-state index in [9.17, 15) is 14.7 Å². The Morgan fingerprint density at radius 1 is 1.09 bits per heavy atom. The minimum Gasteiger partial charge on any atom is -0.478 e. The van der Waals surface area contributed by atoms with Crippen LogP contribution in [0.2, 0.25) is 0 Å². The van der Waals surface area contributed by atoms with E-state index < -0.39 is 5.97 Å². The van der Waals surface area contributed by atoms with Crippen molar-refractivity contribution in [2.24, 2.45) is 0 Å². The van der Waals surface area contributed by atoms with Crippen LogP contribution in [-0.4, -0.2) is 17.0 Å². The molecule has 4 nitrogen and oxygen atoms in total. The summed E-state index contributed by atoms with van der Waals surface area (Å²) in [6.45, 7) is 4.10. The molecule has 1 aliphatic carbocycles. The van der Waals surface area contributed by atoms with Crippen molar-refractivity contribution in [3.05, 3.63) is 69.8 Å². The van der Waals surface area contributed by atoms with Gasteiger partial charge in [0.15, 0.2) is 0 Å². The molecule has 0 atom stereocenters. The number of aryl methyl sites for hydroxylation is 2. The lowest BCUT2D eigenvalue weighted by atomic mass is 10.0. The average molecular weight is 307 g/mol. The molecule has 0 fully saturated rings. The van der Waals surface area contributed by atoms with Gasteiger partial charge < -0.3 is 10.4 Å². The summed E-state index contributed by atoms with van der Waals surface area (Å²) in [5, 5.41) is 11.9. The van der Waals surface area contributed by atoms with Gasteiger partial charge in [-0.15, -0.1) is 0 Å². The van der Waals surface area contributed by atoms with Crippen LogP contribution in [0.1, 0.15) is 32.6 Å². The monoisotopic (exact) mass is 307 g/mol. The summed E-state index contributed by atoms with van der Waals surface area (Å²) in [5.74, 6) is -1.32. The van der Waals surface area contributed by atoms with E-state index in [1.165, 1.54) is 17.2 Å². The fraction of sp³-hybridized carbons (Fsp3) is 0.158. The molecule has 0 aromatic heterocycles. The van der Waals surface area contributed by atoms with Gasteiger partial charge in [0.2, 0.25) is 0 Å². The van der Waals surface area contributed by atoms with Gasteiger partial charge in [0, 0.05) is 12.0 Å². The first-order valence-corrected chi connectivity index (χ1v) is 7.40. The molecule has 2 aromatic carbocycles. The quantitative estimate of drug-likeness (QED) is 0.911. The van der Waals surface area contributed by atoms with E-state index >= 15 is 0 Å². The third-order valence-electron chi connectivity index (χ3n) is 4.16. The highest BCUT2D eigenvalue weighted by molar-refractivity contribution is 6.10. The van der Waals surface area contributed by atoms with Crippen LogP contribution in [0, 0.1) is 13.8 Å². The van der Waals surface area contributed by atoms with Crippen molar-refractivity contribution in [1.82, 2.24) is 0 Å². The van der Waals surface area contributed by atoms with E-state index in [-0.39, 0.29) is 11.5 Å². The van der Waals surface area contributed by atoms with Gasteiger partial charge in [-0.3, -0.25) is 4.79 Å². The van der Waals surface area contributed by atoms with Crippen molar-refractivity contribution < 1.29 is 14.7 Å². The summed E-state index contributed by atoms with van der Waals surface area (Å²) < 4.78 is 0. The molecule has 2 N–H and O–H groups in total. The van der Waals surface area contributed by atoms with Gasteiger partial charge in [0.1, 0.15) is 0 Å². The zero-order valence-corrected chi connectivity index (χ0v) is 13.0. The lowest BCUT2D eigenvalue weighted by molar-refractivity contribution is -0.112. The second-order valence-corrected chi connectivity index (χ2v) is 5.79. The number of carbonyl (C=O) groups excluding carboxylic acids is 1. The number of aromatic carboxylic acids is 1. The highest BCUT2D eigenvalue weighted by Crippen LogP contribution is 2.28. The largest absolute Gasteiger partial charge is 0.478 e. The van der Waals surface area contributed by atoms with Crippen LogP contribution in [0.5, 0.6) is 0 Å². The highest BCUT2D eigenvalue weighted by atomic mass is 16.4. The number of rotatable bonds is 3. The maximum absolute atomic E-state index is 12.5. The number of amides is 1. The van der Waals surface area contributed by atoms with Gasteiger partial charge in [-0.2, -0.15) is 0 Å². The zero-order valence-electron chi connectivity index (χ0n) is 13.0. The predicted molar refractivity (Wildman–Crippen MR) is 89.6 cm³/mol. The number of carboxylic acid groups (broad SMARTS) is 1. The van der Waals surface area contributed by atoms with Crippen LogP contribution in [0.3, 0.4) is 0 Å². The van der Waals surface area contributed by atoms with Crippen molar-refractivity contribution in [1.29, 1.82) is 0 Å². The Labute approximate surface area is 134 Å². The third-order valence-corrected chi connectivity index (χ3v) is 4.16. The second-order valence-electron chi connectivity index (χ2n) is 5.79. The maximum atomic E-state index is 12.5. The Balaban J connectivity index is 1.84. The molecule has 2 aromatic rings. The average Bonchev–Trinajstić information content (AvgIpc) is 2.91. The summed E-state index contributed by atoms with van der Waals surface area (Å²) in [7, 11) is 0. The Morgan fingerprint density at radius 2 is 1.78 bits per heavy atom. The summed E-state index contributed by atoms with van der Waals surface area (Å²) in [4.78, 5) is 23.7. The summed E-state index contributed by atoms with van der Waals surface area (Å²) in [6.07, 6.45) is 2.44. The van der Waals surface area contributed by atoms with Crippen molar-refractivity contribution in [3.8, 4) is 0 Å². The molecule has 0 saturated heterocycles. The zero-order chi connectivity index (χ0) is 16.6. The predicted octanol–water partition coefficient (Wildman–Crippen LogP) is 3.58. The normalized spacial score (nSPS) is 12.5. The molecule has 0 unspecified atom stereocenters. The summed E-state index contributed by atoms with van der Waals surface area (Å²) in [5.41, 5.74) is 5.63. The van der Waals surface area contributed by atoms with Crippen LogP contribution in [0.15, 0.2) is 42.0 Å². The number of carboxylic acids is 1. The van der Waals surface area contributed by atoms with Gasteiger partial charge >= 0.3 is 5.97 Å². The molecular formula is C19H17NO3. The van der Waals surface area contributed by atoms with E-state index in [1.54, 1.807) is 18.2 Å². The summed E-state index contributed by atoms with van der Waals surface area (Å²) in [6, 6.07) is 10.6. The number of benzene rings is 2. The van der Waals surface area contributed by atoms with Crippen LogP contribution in [0.4, 0.5) is 5.69 Å². The minimum atomic E-state index is -1.06. The summed E-state index contributed by atoms with van der Waals surface area (Å²) >= 11 is 0. The number of hydrogen-bond acceptors (Lipinski definition) is 2. The molecule has 0 spiro atoms. The Bertz CT molecular complexity index is 850. The smallest absolute Gasteiger partial charge is 0.337 e. The van der Waals surface area contributed by atoms with Gasteiger partial charge in [0.05, 0.1) is 11.3 Å². The van der Waals surface area contributed by atoms with Gasteiger partial charge in [0.25, 0.3) is 5.91 Å². The molecular weight excluding hydrogens is 290 g/mol. The molecule has 0 heterocycles. The van der Waals surface area contributed by atoms with E-state index in [4.69, 9.17) is 0 Å². The number of para-hydroxylation sites is 1. The molecule has 23 heavy (non-hydrogen) atoms. The number of nitrogens with one attached hydrogen (secondary N) is 1. The molecule has 1 amide bonds. The fourth-order valence-corrected chi connectivity index (χ4v) is 2.76. The van der Waals surface area contributed by atoms with Crippen molar-refractivity contribution in [2.45, 2.75) is 20.3 Å². The Kier molecular flexibility index (Phi) is 3.74. The molecule has 4 heteroatoms. The maximum Gasteiger partial charge on any atom is 0.337 e. The molecule has 3 rings (SSSR count). The van der Waals surface area contributed by atoms with Gasteiger partial charge in [-0.05, 0) is 54.3 Å². The topological polar surface area (TPSA) is 66.4 Å². The minimum absolute atomic E-state index is 0.0867. The van der Waals surface area contributed by atoms with E-state index in [2.05, 4.69) is 24.4 Å². The van der Waals surface area contributed by atoms with Crippen molar-refractivity contribution in [3.63, 3.8) is 0 Å². The first kappa shape index (κ1) is 15.0. The number of carbonyl (C=O) groups is 2. The molecule has 0 radical (unpaired) electrons. The molecule has 116 valence electrons. The van der Waals surface area contributed by atoms with Gasteiger partial charge in [-0.25, -0.2) is 4.79 Å². The highest BCUT2D eigenvalue weighted by Gasteiger charge is 2.20. The molecule has 0 saturated carbocycles. The number of hydrogen-bond donors (Lipinski definition) is 2. The van der Waals surface area contributed by atoms with Crippen LogP contribution < -0.4 is 5.32 Å². The lowest BCUT2D eigenvalue weighted by Gasteiger charge is -2.08. The third kappa shape index (κ3) is 2.88. The number of fused-ring (bicyclic) bond motifs is 1. The fourth-order valence-electron chi connectivity index (χ4n) is 2.76. The van der Waals surface area contributed by atoms with Gasteiger partial charge in [-0.1, -0.05) is 24.3 Å². The van der Waals surface area contributed by atoms with Crippen LogP contribution in [0.25, 0.3) is 6.08 Å². The van der Waals surface area contributed by atoms with E-state index in [0.717, 1.165) is 11.1 Å². The van der Waals surface area contributed by atoms with E-state index in [0.29, 0.717) is 17.7 Å². The SMILES string of the molecule is Cc1cc2c(cc1C)CC(C(=O)Nc1ccccc1C(=O)O)=C2. The van der Waals surface area contributed by atoms with Crippen molar-refractivity contribution in [2.75, 3.05) is 5.32 Å². The first-order chi connectivity index (χ1) is 11.0. The molecule has 0 bridgehead atoms. The van der Waals surface area contributed by atoms with Crippen molar-refractivity contribution >= 4 is 23.6 Å². The Morgan fingerprint density at radius 3 is 2.52 bits per heavy atom. The standard InChI is InChI=1S/C19H17NO3/c1-11-7-13-9-15(10-14(13)8-12(11)2)18(21)20-17-6-4-3-5-16(17)19(22)23/h3-9H,10H2,1-2H3,(H,20,21)(H,22,23). The second kappa shape index (κ2) is 5.72. The Hall–Kier alpha value is -2.88. The first-order valence-electron chi connectivity index (χ1n) is 7.40.